The molecule has 0 saturated heterocycles. The highest BCUT2D eigenvalue weighted by molar-refractivity contribution is 6.42. The first kappa shape index (κ1) is 23.9. The monoisotopic (exact) mass is 507 g/mol. The Kier molecular flexibility index (Phi) is 6.91. The lowest BCUT2D eigenvalue weighted by atomic mass is 9.95. The molecule has 0 saturated carbocycles. The molecule has 9 heteroatoms. The third-order valence-corrected chi connectivity index (χ3v) is 6.80. The maximum atomic E-state index is 13.4. The van der Waals surface area contributed by atoms with Crippen molar-refractivity contribution < 1.29 is 14.6 Å². The summed E-state index contributed by atoms with van der Waals surface area (Å²) in [6.45, 7) is 6.76. The summed E-state index contributed by atoms with van der Waals surface area (Å²) in [5.74, 6) is -0.141. The van der Waals surface area contributed by atoms with Gasteiger partial charge in [0.2, 0.25) is 0 Å². The Labute approximate surface area is 207 Å². The quantitative estimate of drug-likeness (QED) is 0.361. The van der Waals surface area contributed by atoms with Crippen molar-refractivity contribution in [1.29, 1.82) is 0 Å². The third kappa shape index (κ3) is 4.58. The van der Waals surface area contributed by atoms with Gasteiger partial charge in [0, 0.05) is 29.3 Å². The van der Waals surface area contributed by atoms with Crippen molar-refractivity contribution in [2.75, 3.05) is 13.2 Å². The van der Waals surface area contributed by atoms with E-state index in [9.17, 15) is 9.90 Å². The van der Waals surface area contributed by atoms with Crippen molar-refractivity contribution in [1.82, 2.24) is 15.1 Å². The fourth-order valence-electron chi connectivity index (χ4n) is 4.07. The summed E-state index contributed by atoms with van der Waals surface area (Å²) in [6.07, 6.45) is 0.777. The highest BCUT2D eigenvalue weighted by atomic mass is 35.5. The van der Waals surface area contributed by atoms with Crippen LogP contribution in [0.5, 0.6) is 5.75 Å². The Morgan fingerprint density at radius 2 is 1.91 bits per heavy atom. The van der Waals surface area contributed by atoms with Crippen molar-refractivity contribution in [2.45, 2.75) is 39.3 Å². The van der Waals surface area contributed by atoms with Crippen LogP contribution >= 0.6 is 34.8 Å². The van der Waals surface area contributed by atoms with Crippen LogP contribution in [0.1, 0.15) is 53.5 Å². The second-order valence-corrected chi connectivity index (χ2v) is 9.55. The number of nitrogens with zero attached hydrogens (tertiary/aromatic N) is 2. The summed E-state index contributed by atoms with van der Waals surface area (Å²) in [6, 6.07) is 8.10. The summed E-state index contributed by atoms with van der Waals surface area (Å²) in [4.78, 5) is 15.1. The van der Waals surface area contributed by atoms with Crippen molar-refractivity contribution in [2.24, 2.45) is 0 Å². The fraction of sp³-hybridized carbons (Fsp3) is 0.333. The fourth-order valence-corrected chi connectivity index (χ4v) is 4.54. The van der Waals surface area contributed by atoms with E-state index in [-0.39, 0.29) is 17.8 Å². The van der Waals surface area contributed by atoms with Gasteiger partial charge in [-0.25, -0.2) is 0 Å². The van der Waals surface area contributed by atoms with Crippen LogP contribution in [-0.2, 0) is 4.74 Å². The predicted octanol–water partition coefficient (Wildman–Crippen LogP) is 6.41. The van der Waals surface area contributed by atoms with Crippen LogP contribution in [-0.4, -0.2) is 45.4 Å². The highest BCUT2D eigenvalue weighted by Crippen LogP contribution is 2.46. The number of phenolic OH excluding ortho intramolecular Hbond substituents is 1. The molecule has 1 amide bonds. The molecule has 1 unspecified atom stereocenters. The number of H-pyrrole nitrogens is 1. The number of aromatic nitrogens is 2. The van der Waals surface area contributed by atoms with Crippen molar-refractivity contribution in [3.8, 4) is 17.0 Å². The van der Waals surface area contributed by atoms with Gasteiger partial charge in [-0.3, -0.25) is 9.89 Å². The molecule has 174 valence electrons. The van der Waals surface area contributed by atoms with Gasteiger partial charge >= 0.3 is 0 Å². The van der Waals surface area contributed by atoms with Crippen LogP contribution in [0.3, 0.4) is 0 Å². The standard InChI is InChI=1S/C24H24Cl3N3O3/c1-12(2)33-8-4-7-30-23(14-5-6-16(25)18(27)10-14)20-21(28-29-22(20)24(30)32)15-11-17(26)13(3)9-19(15)31/h5-6,9-12,23,31H,4,7-8H2,1-3H3,(H,28,29). The number of hydrogen-bond donors (Lipinski definition) is 2. The van der Waals surface area contributed by atoms with Gasteiger partial charge in [0.1, 0.15) is 17.1 Å². The van der Waals surface area contributed by atoms with E-state index in [0.29, 0.717) is 57.2 Å². The van der Waals surface area contributed by atoms with E-state index in [2.05, 4.69) is 10.2 Å². The van der Waals surface area contributed by atoms with Crippen LogP contribution < -0.4 is 0 Å². The van der Waals surface area contributed by atoms with E-state index in [1.165, 1.54) is 0 Å². The molecule has 6 nitrogen and oxygen atoms in total. The van der Waals surface area contributed by atoms with Gasteiger partial charge in [-0.05, 0) is 62.6 Å². The van der Waals surface area contributed by atoms with Crippen LogP contribution in [0.15, 0.2) is 30.3 Å². The molecule has 0 fully saturated rings. The topological polar surface area (TPSA) is 78.5 Å². The van der Waals surface area contributed by atoms with Crippen LogP contribution in [0.25, 0.3) is 11.3 Å². The Balaban J connectivity index is 1.80. The lowest BCUT2D eigenvalue weighted by Gasteiger charge is -2.27. The van der Waals surface area contributed by atoms with E-state index < -0.39 is 6.04 Å². The van der Waals surface area contributed by atoms with E-state index in [1.54, 1.807) is 29.2 Å². The number of fused-ring (bicyclic) bond motifs is 1. The first-order valence-electron chi connectivity index (χ1n) is 10.6. The molecule has 0 bridgehead atoms. The number of carbonyl (C=O) groups is 1. The largest absolute Gasteiger partial charge is 0.507 e. The third-order valence-electron chi connectivity index (χ3n) is 5.65. The Bertz CT molecular complexity index is 1210. The molecule has 4 rings (SSSR count). The number of hydrogen-bond acceptors (Lipinski definition) is 4. The molecule has 2 heterocycles. The Morgan fingerprint density at radius 1 is 1.15 bits per heavy atom. The number of aromatic hydroxyl groups is 1. The number of ether oxygens (including phenoxy) is 1. The molecule has 1 aliphatic rings. The minimum absolute atomic E-state index is 0.0373. The molecule has 2 aromatic carbocycles. The molecule has 0 spiro atoms. The van der Waals surface area contributed by atoms with Gasteiger partial charge in [0.15, 0.2) is 0 Å². The minimum Gasteiger partial charge on any atom is -0.507 e. The first-order valence-corrected chi connectivity index (χ1v) is 11.8. The summed E-state index contributed by atoms with van der Waals surface area (Å²) in [7, 11) is 0. The van der Waals surface area contributed by atoms with E-state index in [0.717, 1.165) is 11.1 Å². The summed E-state index contributed by atoms with van der Waals surface area (Å²) < 4.78 is 5.66. The zero-order valence-electron chi connectivity index (χ0n) is 18.5. The maximum absolute atomic E-state index is 13.4. The minimum atomic E-state index is -0.463. The lowest BCUT2D eigenvalue weighted by Crippen LogP contribution is -2.31. The number of nitrogens with one attached hydrogen (secondary N) is 1. The molecule has 3 aromatic rings. The summed E-state index contributed by atoms with van der Waals surface area (Å²) >= 11 is 18.8. The Morgan fingerprint density at radius 3 is 2.61 bits per heavy atom. The molecular formula is C24H24Cl3N3O3. The van der Waals surface area contributed by atoms with Crippen LogP contribution in [0.2, 0.25) is 15.1 Å². The second-order valence-electron chi connectivity index (χ2n) is 8.33. The van der Waals surface area contributed by atoms with Crippen molar-refractivity contribution >= 4 is 40.7 Å². The van der Waals surface area contributed by atoms with Gasteiger partial charge < -0.3 is 14.7 Å². The molecule has 2 N–H and O–H groups in total. The molecule has 0 aliphatic carbocycles. The predicted molar refractivity (Wildman–Crippen MR) is 130 cm³/mol. The first-order chi connectivity index (χ1) is 15.7. The number of amides is 1. The number of phenols is 1. The summed E-state index contributed by atoms with van der Waals surface area (Å²) in [5, 5.41) is 19.2. The Hall–Kier alpha value is -2.25. The normalized spacial score (nSPS) is 15.5. The van der Waals surface area contributed by atoms with Gasteiger partial charge in [0.05, 0.1) is 22.2 Å². The molecular weight excluding hydrogens is 485 g/mol. The number of aryl methyl sites for hydroxylation is 1. The number of carbonyl (C=O) groups excluding carboxylic acids is 1. The highest BCUT2D eigenvalue weighted by Gasteiger charge is 2.42. The van der Waals surface area contributed by atoms with Gasteiger partial charge in [0.25, 0.3) is 5.91 Å². The SMILES string of the molecule is Cc1cc(O)c(-c2n[nH]c3c2C(c2ccc(Cl)c(Cl)c2)N(CCCOC(C)C)C3=O)cc1Cl. The molecule has 0 radical (unpaired) electrons. The van der Waals surface area contributed by atoms with Crippen molar-refractivity contribution in [3.05, 3.63) is 67.8 Å². The zero-order valence-corrected chi connectivity index (χ0v) is 20.7. The maximum Gasteiger partial charge on any atom is 0.273 e. The smallest absolute Gasteiger partial charge is 0.273 e. The van der Waals surface area contributed by atoms with Crippen LogP contribution in [0.4, 0.5) is 0 Å². The van der Waals surface area contributed by atoms with Gasteiger partial charge in [-0.1, -0.05) is 40.9 Å². The lowest BCUT2D eigenvalue weighted by molar-refractivity contribution is 0.0601. The number of benzene rings is 2. The number of aromatic amines is 1. The molecule has 1 aromatic heterocycles. The number of halogens is 3. The average Bonchev–Trinajstić information content (AvgIpc) is 3.29. The molecule has 33 heavy (non-hydrogen) atoms. The van der Waals surface area contributed by atoms with Crippen molar-refractivity contribution in [3.63, 3.8) is 0 Å². The van der Waals surface area contributed by atoms with Gasteiger partial charge in [-0.15, -0.1) is 0 Å². The molecule has 1 atom stereocenters. The zero-order chi connectivity index (χ0) is 23.9. The van der Waals surface area contributed by atoms with E-state index >= 15 is 0 Å². The van der Waals surface area contributed by atoms with Gasteiger partial charge in [-0.2, -0.15) is 5.10 Å². The number of rotatable bonds is 7. The van der Waals surface area contributed by atoms with E-state index in [1.807, 2.05) is 26.8 Å². The second kappa shape index (κ2) is 9.55. The molecule has 1 aliphatic heterocycles. The average molecular weight is 509 g/mol. The van der Waals surface area contributed by atoms with E-state index in [4.69, 9.17) is 39.5 Å². The van der Waals surface area contributed by atoms with Crippen LogP contribution in [0, 0.1) is 6.92 Å². The summed E-state index contributed by atoms with van der Waals surface area (Å²) in [5.41, 5.74) is 3.50.